The number of hydrogen-bond acceptors (Lipinski definition) is 4. The molecule has 0 bridgehead atoms. The molecule has 0 aromatic heterocycles. The number of piperazine rings is 1. The van der Waals surface area contributed by atoms with E-state index >= 15 is 0 Å². The lowest BCUT2D eigenvalue weighted by atomic mass is 9.85. The average Bonchev–Trinajstić information content (AvgIpc) is 3.19. The van der Waals surface area contributed by atoms with Gasteiger partial charge in [-0.05, 0) is 49.3 Å². The van der Waals surface area contributed by atoms with E-state index in [2.05, 4.69) is 39.4 Å². The van der Waals surface area contributed by atoms with Crippen molar-refractivity contribution in [2.45, 2.75) is 31.7 Å². The normalized spacial score (nSPS) is 25.1. The van der Waals surface area contributed by atoms with E-state index in [1.807, 2.05) is 0 Å². The fourth-order valence-electron chi connectivity index (χ4n) is 4.63. The highest BCUT2D eigenvalue weighted by Gasteiger charge is 2.31. The molecule has 1 atom stereocenters. The standard InChI is InChI=1S/C20H31N3O/c1-2-12-22(11-1)19-5-3-17(4-6-19)20(18-7-15-24-16-8-18)23-13-9-21-10-14-23/h3-6,18,20-21H,1-2,7-16H2/t20-/m0/s1. The maximum atomic E-state index is 5.62. The molecule has 0 saturated carbocycles. The maximum Gasteiger partial charge on any atom is 0.0469 e. The molecule has 0 radical (unpaired) electrons. The molecule has 3 saturated heterocycles. The second-order valence-electron chi connectivity index (χ2n) is 7.47. The number of anilines is 1. The molecule has 4 heteroatoms. The lowest BCUT2D eigenvalue weighted by Crippen LogP contribution is -2.47. The van der Waals surface area contributed by atoms with Crippen LogP contribution in [-0.4, -0.2) is 57.4 Å². The fourth-order valence-corrected chi connectivity index (χ4v) is 4.63. The van der Waals surface area contributed by atoms with Crippen LogP contribution in [0.4, 0.5) is 5.69 Å². The van der Waals surface area contributed by atoms with Crippen LogP contribution in [0.25, 0.3) is 0 Å². The molecule has 4 rings (SSSR count). The molecule has 3 aliphatic heterocycles. The highest BCUT2D eigenvalue weighted by Crippen LogP contribution is 2.36. The van der Waals surface area contributed by atoms with Crippen molar-refractivity contribution >= 4 is 5.69 Å². The van der Waals surface area contributed by atoms with Gasteiger partial charge in [-0.3, -0.25) is 4.90 Å². The van der Waals surface area contributed by atoms with E-state index in [1.54, 1.807) is 0 Å². The van der Waals surface area contributed by atoms with Gasteiger partial charge in [0, 0.05) is 64.2 Å². The summed E-state index contributed by atoms with van der Waals surface area (Å²) in [4.78, 5) is 5.23. The molecule has 0 unspecified atom stereocenters. The van der Waals surface area contributed by atoms with Crippen LogP contribution in [-0.2, 0) is 4.74 Å². The molecule has 3 fully saturated rings. The van der Waals surface area contributed by atoms with Crippen molar-refractivity contribution in [3.8, 4) is 0 Å². The molecule has 132 valence electrons. The molecule has 1 aromatic rings. The van der Waals surface area contributed by atoms with E-state index in [4.69, 9.17) is 4.74 Å². The number of benzene rings is 1. The Labute approximate surface area is 146 Å². The summed E-state index contributed by atoms with van der Waals surface area (Å²) in [5.41, 5.74) is 2.91. The zero-order valence-corrected chi connectivity index (χ0v) is 14.8. The minimum absolute atomic E-state index is 0.559. The van der Waals surface area contributed by atoms with Crippen molar-refractivity contribution < 1.29 is 4.74 Å². The van der Waals surface area contributed by atoms with Crippen LogP contribution in [0.5, 0.6) is 0 Å². The van der Waals surface area contributed by atoms with Crippen LogP contribution in [0.2, 0.25) is 0 Å². The molecule has 0 amide bonds. The van der Waals surface area contributed by atoms with E-state index in [0.29, 0.717) is 6.04 Å². The van der Waals surface area contributed by atoms with Crippen LogP contribution >= 0.6 is 0 Å². The van der Waals surface area contributed by atoms with Crippen molar-refractivity contribution in [1.29, 1.82) is 0 Å². The summed E-state index contributed by atoms with van der Waals surface area (Å²) in [6, 6.07) is 10.1. The first kappa shape index (κ1) is 16.4. The Bertz CT molecular complexity index is 482. The van der Waals surface area contributed by atoms with E-state index in [0.717, 1.165) is 45.3 Å². The van der Waals surface area contributed by atoms with Gasteiger partial charge >= 0.3 is 0 Å². The summed E-state index contributed by atoms with van der Waals surface area (Å²) in [5, 5.41) is 3.50. The molecule has 3 heterocycles. The lowest BCUT2D eigenvalue weighted by Gasteiger charge is -2.41. The highest BCUT2D eigenvalue weighted by atomic mass is 16.5. The number of ether oxygens (including phenoxy) is 1. The Kier molecular flexibility index (Phi) is 5.36. The Morgan fingerprint density at radius 2 is 1.58 bits per heavy atom. The predicted octanol–water partition coefficient (Wildman–Crippen LogP) is 2.66. The maximum absolute atomic E-state index is 5.62. The molecule has 0 aliphatic carbocycles. The van der Waals surface area contributed by atoms with Crippen LogP contribution in [0, 0.1) is 5.92 Å². The minimum Gasteiger partial charge on any atom is -0.381 e. The lowest BCUT2D eigenvalue weighted by molar-refractivity contribution is 0.0213. The van der Waals surface area contributed by atoms with E-state index in [9.17, 15) is 0 Å². The molecule has 1 aromatic carbocycles. The molecular formula is C20H31N3O. The van der Waals surface area contributed by atoms with Gasteiger partial charge in [0.05, 0.1) is 0 Å². The zero-order valence-electron chi connectivity index (χ0n) is 14.8. The molecular weight excluding hydrogens is 298 g/mol. The molecule has 4 nitrogen and oxygen atoms in total. The van der Waals surface area contributed by atoms with Crippen LogP contribution in [0.15, 0.2) is 24.3 Å². The molecule has 3 aliphatic rings. The van der Waals surface area contributed by atoms with E-state index < -0.39 is 0 Å². The fraction of sp³-hybridized carbons (Fsp3) is 0.700. The third kappa shape index (κ3) is 3.61. The second kappa shape index (κ2) is 7.85. The van der Waals surface area contributed by atoms with Crippen molar-refractivity contribution in [3.05, 3.63) is 29.8 Å². The monoisotopic (exact) mass is 329 g/mol. The molecule has 24 heavy (non-hydrogen) atoms. The quantitative estimate of drug-likeness (QED) is 0.919. The summed E-state index contributed by atoms with van der Waals surface area (Å²) in [7, 11) is 0. The van der Waals surface area contributed by atoms with Crippen molar-refractivity contribution in [1.82, 2.24) is 10.2 Å². The summed E-state index contributed by atoms with van der Waals surface area (Å²) >= 11 is 0. The van der Waals surface area contributed by atoms with Crippen molar-refractivity contribution in [2.75, 3.05) is 57.4 Å². The van der Waals surface area contributed by atoms with Gasteiger partial charge in [0.1, 0.15) is 0 Å². The summed E-state index contributed by atoms with van der Waals surface area (Å²) < 4.78 is 5.62. The Hall–Kier alpha value is -1.10. The van der Waals surface area contributed by atoms with E-state index in [-0.39, 0.29) is 0 Å². The minimum atomic E-state index is 0.559. The Morgan fingerprint density at radius 1 is 0.917 bits per heavy atom. The number of rotatable bonds is 4. The number of nitrogens with zero attached hydrogens (tertiary/aromatic N) is 2. The highest BCUT2D eigenvalue weighted by molar-refractivity contribution is 5.48. The number of hydrogen-bond donors (Lipinski definition) is 1. The first-order valence-electron chi connectivity index (χ1n) is 9.79. The summed E-state index contributed by atoms with van der Waals surface area (Å²) in [5.74, 6) is 0.731. The number of nitrogens with one attached hydrogen (secondary N) is 1. The zero-order chi connectivity index (χ0) is 16.2. The topological polar surface area (TPSA) is 27.7 Å². The predicted molar refractivity (Wildman–Crippen MR) is 98.6 cm³/mol. The smallest absolute Gasteiger partial charge is 0.0469 e. The summed E-state index contributed by atoms with van der Waals surface area (Å²) in [6.45, 7) is 8.86. The van der Waals surface area contributed by atoms with Gasteiger partial charge in [0.2, 0.25) is 0 Å². The van der Waals surface area contributed by atoms with Gasteiger partial charge < -0.3 is 15.0 Å². The second-order valence-corrected chi connectivity index (χ2v) is 7.47. The first-order chi connectivity index (χ1) is 11.9. The first-order valence-corrected chi connectivity index (χ1v) is 9.79. The van der Waals surface area contributed by atoms with Gasteiger partial charge in [-0.15, -0.1) is 0 Å². The Balaban J connectivity index is 1.54. The van der Waals surface area contributed by atoms with Crippen LogP contribution in [0.3, 0.4) is 0 Å². The summed E-state index contributed by atoms with van der Waals surface area (Å²) in [6.07, 6.45) is 5.07. The largest absolute Gasteiger partial charge is 0.381 e. The Morgan fingerprint density at radius 3 is 2.25 bits per heavy atom. The van der Waals surface area contributed by atoms with Crippen LogP contribution < -0.4 is 10.2 Å². The van der Waals surface area contributed by atoms with Crippen molar-refractivity contribution in [3.63, 3.8) is 0 Å². The van der Waals surface area contributed by atoms with Gasteiger partial charge in [-0.25, -0.2) is 0 Å². The van der Waals surface area contributed by atoms with Gasteiger partial charge in [0.15, 0.2) is 0 Å². The van der Waals surface area contributed by atoms with Gasteiger partial charge in [0.25, 0.3) is 0 Å². The third-order valence-corrected chi connectivity index (χ3v) is 5.96. The molecule has 0 spiro atoms. The van der Waals surface area contributed by atoms with Crippen molar-refractivity contribution in [2.24, 2.45) is 5.92 Å². The van der Waals surface area contributed by atoms with Gasteiger partial charge in [-0.2, -0.15) is 0 Å². The van der Waals surface area contributed by atoms with Crippen LogP contribution in [0.1, 0.15) is 37.3 Å². The van der Waals surface area contributed by atoms with Gasteiger partial charge in [-0.1, -0.05) is 12.1 Å². The molecule has 1 N–H and O–H groups in total. The third-order valence-electron chi connectivity index (χ3n) is 5.96. The van der Waals surface area contributed by atoms with E-state index in [1.165, 1.54) is 50.0 Å². The SMILES string of the molecule is c1cc(N2CCCC2)ccc1[C@@H](C1CCOCC1)N1CCNCC1. The average molecular weight is 329 g/mol.